The highest BCUT2D eigenvalue weighted by Gasteiger charge is 2.22. The SMILES string of the molecule is COc1ccc(CNc2nnc(N3CCC(O)CC3)c3ccc(-c4nnnn4C)cc23)cc1Cl. The number of hydrogen-bond donors (Lipinski definition) is 2. The summed E-state index contributed by atoms with van der Waals surface area (Å²) < 4.78 is 6.88. The van der Waals surface area contributed by atoms with Crippen LogP contribution in [-0.2, 0) is 13.6 Å². The van der Waals surface area contributed by atoms with Crippen LogP contribution in [0.5, 0.6) is 5.75 Å². The van der Waals surface area contributed by atoms with E-state index in [1.807, 2.05) is 36.4 Å². The predicted molar refractivity (Wildman–Crippen MR) is 130 cm³/mol. The zero-order valence-electron chi connectivity index (χ0n) is 18.9. The Morgan fingerprint density at radius 3 is 2.62 bits per heavy atom. The van der Waals surface area contributed by atoms with E-state index in [-0.39, 0.29) is 6.10 Å². The number of ether oxygens (including phenoxy) is 1. The summed E-state index contributed by atoms with van der Waals surface area (Å²) in [5.41, 5.74) is 1.87. The lowest BCUT2D eigenvalue weighted by Crippen LogP contribution is -2.36. The van der Waals surface area contributed by atoms with Gasteiger partial charge in [0.1, 0.15) is 5.75 Å². The zero-order chi connectivity index (χ0) is 23.7. The number of methoxy groups -OCH3 is 1. The standard InChI is InChI=1S/C23H25ClN8O2/c1-31-22(28-29-30-31)15-4-5-17-18(12-15)21(25-13-14-3-6-20(34-2)19(24)11-14)26-27-23(17)32-9-7-16(33)8-10-32/h3-6,11-12,16,33H,7-10,13H2,1-2H3,(H,25,26). The molecule has 176 valence electrons. The van der Waals surface area contributed by atoms with Gasteiger partial charge in [-0.15, -0.1) is 15.3 Å². The minimum absolute atomic E-state index is 0.261. The molecule has 0 bridgehead atoms. The highest BCUT2D eigenvalue weighted by atomic mass is 35.5. The van der Waals surface area contributed by atoms with Gasteiger partial charge in [0, 0.05) is 43.0 Å². The van der Waals surface area contributed by atoms with E-state index in [1.54, 1.807) is 18.8 Å². The van der Waals surface area contributed by atoms with Gasteiger partial charge in [0.15, 0.2) is 17.5 Å². The molecule has 2 aromatic carbocycles. The van der Waals surface area contributed by atoms with Crippen molar-refractivity contribution in [2.45, 2.75) is 25.5 Å². The number of anilines is 2. The maximum absolute atomic E-state index is 9.92. The summed E-state index contributed by atoms with van der Waals surface area (Å²) in [7, 11) is 3.40. The van der Waals surface area contributed by atoms with E-state index < -0.39 is 0 Å². The van der Waals surface area contributed by atoms with Crippen LogP contribution in [0.3, 0.4) is 0 Å². The number of aromatic nitrogens is 6. The number of nitrogens with zero attached hydrogens (tertiary/aromatic N) is 7. The lowest BCUT2D eigenvalue weighted by atomic mass is 10.0. The maximum atomic E-state index is 9.92. The normalized spacial score (nSPS) is 14.5. The number of aryl methyl sites for hydroxylation is 1. The number of hydrogen-bond acceptors (Lipinski definition) is 9. The van der Waals surface area contributed by atoms with E-state index in [9.17, 15) is 5.11 Å². The average Bonchev–Trinajstić information content (AvgIpc) is 3.28. The molecule has 0 atom stereocenters. The number of piperidine rings is 1. The van der Waals surface area contributed by atoms with Crippen LogP contribution in [0.4, 0.5) is 11.6 Å². The molecule has 2 aromatic heterocycles. The van der Waals surface area contributed by atoms with Crippen LogP contribution in [-0.4, -0.2) is 61.8 Å². The quantitative estimate of drug-likeness (QED) is 0.429. The number of benzene rings is 2. The molecule has 0 spiro atoms. The monoisotopic (exact) mass is 480 g/mol. The summed E-state index contributed by atoms with van der Waals surface area (Å²) in [5, 5.41) is 36.7. The smallest absolute Gasteiger partial charge is 0.181 e. The molecule has 5 rings (SSSR count). The van der Waals surface area contributed by atoms with Crippen molar-refractivity contribution < 1.29 is 9.84 Å². The van der Waals surface area contributed by atoms with Crippen LogP contribution in [0.1, 0.15) is 18.4 Å². The Labute approximate surface area is 201 Å². The van der Waals surface area contributed by atoms with Gasteiger partial charge < -0.3 is 20.1 Å². The van der Waals surface area contributed by atoms with E-state index in [2.05, 4.69) is 35.9 Å². The van der Waals surface area contributed by atoms with E-state index in [1.165, 1.54) is 0 Å². The van der Waals surface area contributed by atoms with Crippen LogP contribution in [0.2, 0.25) is 5.02 Å². The molecule has 0 unspecified atom stereocenters. The predicted octanol–water partition coefficient (Wildman–Crippen LogP) is 3.06. The molecule has 4 aromatic rings. The summed E-state index contributed by atoms with van der Waals surface area (Å²) in [6.07, 6.45) is 1.16. The molecule has 2 N–H and O–H groups in total. The Morgan fingerprint density at radius 1 is 1.09 bits per heavy atom. The van der Waals surface area contributed by atoms with E-state index in [0.29, 0.717) is 41.8 Å². The fraction of sp³-hybridized carbons (Fsp3) is 0.348. The summed E-state index contributed by atoms with van der Waals surface area (Å²) in [6.45, 7) is 1.98. The molecule has 11 heteroatoms. The first-order valence-electron chi connectivity index (χ1n) is 11.1. The fourth-order valence-corrected chi connectivity index (χ4v) is 4.48. The average molecular weight is 481 g/mol. The maximum Gasteiger partial charge on any atom is 0.181 e. The number of aliphatic hydroxyl groups excluding tert-OH is 1. The van der Waals surface area contributed by atoms with Gasteiger partial charge in [-0.3, -0.25) is 0 Å². The third kappa shape index (κ3) is 4.34. The lowest BCUT2D eigenvalue weighted by molar-refractivity contribution is 0.145. The second-order valence-electron chi connectivity index (χ2n) is 8.30. The van der Waals surface area contributed by atoms with E-state index in [4.69, 9.17) is 16.3 Å². The van der Waals surface area contributed by atoms with Gasteiger partial charge in [0.2, 0.25) is 0 Å². The van der Waals surface area contributed by atoms with Crippen molar-refractivity contribution in [3.8, 4) is 17.1 Å². The van der Waals surface area contributed by atoms with Crippen molar-refractivity contribution >= 4 is 34.0 Å². The van der Waals surface area contributed by atoms with Crippen molar-refractivity contribution in [3.05, 3.63) is 47.0 Å². The van der Waals surface area contributed by atoms with Crippen molar-refractivity contribution in [3.63, 3.8) is 0 Å². The molecular weight excluding hydrogens is 456 g/mol. The van der Waals surface area contributed by atoms with Crippen LogP contribution in [0, 0.1) is 0 Å². The molecule has 10 nitrogen and oxygen atoms in total. The lowest BCUT2D eigenvalue weighted by Gasteiger charge is -2.31. The third-order valence-electron chi connectivity index (χ3n) is 6.08. The fourth-order valence-electron chi connectivity index (χ4n) is 4.20. The molecule has 0 radical (unpaired) electrons. The summed E-state index contributed by atoms with van der Waals surface area (Å²) in [5.74, 6) is 2.75. The molecule has 1 fully saturated rings. The first-order chi connectivity index (χ1) is 16.5. The largest absolute Gasteiger partial charge is 0.495 e. The Hall–Kier alpha value is -3.50. The van der Waals surface area contributed by atoms with Gasteiger partial charge in [-0.05, 0) is 53.1 Å². The number of tetrazole rings is 1. The number of halogens is 1. The summed E-state index contributed by atoms with van der Waals surface area (Å²) in [4.78, 5) is 2.18. The summed E-state index contributed by atoms with van der Waals surface area (Å²) in [6, 6.07) is 11.7. The van der Waals surface area contributed by atoms with Crippen LogP contribution >= 0.6 is 11.6 Å². The number of fused-ring (bicyclic) bond motifs is 1. The van der Waals surface area contributed by atoms with Crippen molar-refractivity contribution in [1.82, 2.24) is 30.4 Å². The molecule has 1 aliphatic rings. The Balaban J connectivity index is 1.52. The van der Waals surface area contributed by atoms with Crippen molar-refractivity contribution in [1.29, 1.82) is 0 Å². The van der Waals surface area contributed by atoms with Gasteiger partial charge in [-0.1, -0.05) is 23.7 Å². The van der Waals surface area contributed by atoms with Crippen molar-refractivity contribution in [2.24, 2.45) is 7.05 Å². The second-order valence-corrected chi connectivity index (χ2v) is 8.71. The number of nitrogens with one attached hydrogen (secondary N) is 1. The van der Waals surface area contributed by atoms with Gasteiger partial charge in [-0.2, -0.15) is 0 Å². The number of rotatable bonds is 6. The molecule has 1 saturated heterocycles. The molecule has 1 aliphatic heterocycles. The van der Waals surface area contributed by atoms with Crippen LogP contribution < -0.4 is 15.0 Å². The van der Waals surface area contributed by atoms with Gasteiger partial charge in [0.05, 0.1) is 18.2 Å². The topological polar surface area (TPSA) is 114 Å². The molecular formula is C23H25ClN8O2. The Morgan fingerprint density at radius 2 is 1.91 bits per heavy atom. The van der Waals surface area contributed by atoms with Crippen LogP contribution in [0.15, 0.2) is 36.4 Å². The summed E-state index contributed by atoms with van der Waals surface area (Å²) >= 11 is 6.29. The Bertz CT molecular complexity index is 1320. The van der Waals surface area contributed by atoms with Gasteiger partial charge in [-0.25, -0.2) is 4.68 Å². The van der Waals surface area contributed by atoms with Gasteiger partial charge >= 0.3 is 0 Å². The van der Waals surface area contributed by atoms with Crippen molar-refractivity contribution in [2.75, 3.05) is 30.4 Å². The van der Waals surface area contributed by atoms with Gasteiger partial charge in [0.25, 0.3) is 0 Å². The highest BCUT2D eigenvalue weighted by Crippen LogP contribution is 2.33. The molecule has 0 amide bonds. The number of aliphatic hydroxyl groups is 1. The first kappa shape index (κ1) is 22.3. The second kappa shape index (κ2) is 9.40. The Kier molecular flexibility index (Phi) is 6.16. The zero-order valence-corrected chi connectivity index (χ0v) is 19.7. The third-order valence-corrected chi connectivity index (χ3v) is 6.37. The minimum Gasteiger partial charge on any atom is -0.495 e. The highest BCUT2D eigenvalue weighted by molar-refractivity contribution is 6.32. The molecule has 0 saturated carbocycles. The molecule has 0 aliphatic carbocycles. The van der Waals surface area contributed by atoms with E-state index in [0.717, 1.165) is 40.8 Å². The first-order valence-corrected chi connectivity index (χ1v) is 11.4. The molecule has 34 heavy (non-hydrogen) atoms. The van der Waals surface area contributed by atoms with E-state index >= 15 is 0 Å². The minimum atomic E-state index is -0.261. The molecule has 3 heterocycles. The van der Waals surface area contributed by atoms with Crippen LogP contribution in [0.25, 0.3) is 22.2 Å².